The molecule has 2 heteroatoms. The minimum atomic E-state index is -0.175. The zero-order valence-electron chi connectivity index (χ0n) is 12.6. The Bertz CT molecular complexity index is 315. The van der Waals surface area contributed by atoms with Crippen molar-refractivity contribution in [1.29, 1.82) is 0 Å². The van der Waals surface area contributed by atoms with Gasteiger partial charge in [-0.25, -0.2) is 0 Å². The monoisotopic (exact) mass is 252 g/mol. The van der Waals surface area contributed by atoms with E-state index in [4.69, 9.17) is 4.74 Å². The molecular formula is C16H28O2. The third-order valence-corrected chi connectivity index (χ3v) is 4.18. The van der Waals surface area contributed by atoms with Gasteiger partial charge in [0.2, 0.25) is 0 Å². The van der Waals surface area contributed by atoms with Crippen molar-refractivity contribution in [1.82, 2.24) is 0 Å². The fourth-order valence-corrected chi connectivity index (χ4v) is 2.18. The van der Waals surface area contributed by atoms with Crippen molar-refractivity contribution in [3.8, 4) is 0 Å². The van der Waals surface area contributed by atoms with E-state index < -0.39 is 0 Å². The molecule has 1 fully saturated rings. The average Bonchev–Trinajstić information content (AvgIpc) is 2.87. The lowest BCUT2D eigenvalue weighted by molar-refractivity contribution is -0.150. The predicted molar refractivity (Wildman–Crippen MR) is 75.3 cm³/mol. The van der Waals surface area contributed by atoms with E-state index in [-0.39, 0.29) is 11.4 Å². The number of carbonyl (C=O) groups excluding carboxylic acids is 1. The molecule has 0 saturated heterocycles. The Labute approximate surface area is 112 Å². The van der Waals surface area contributed by atoms with Gasteiger partial charge in [-0.05, 0) is 58.3 Å². The highest BCUT2D eigenvalue weighted by atomic mass is 16.5. The van der Waals surface area contributed by atoms with E-state index in [1.54, 1.807) is 0 Å². The Balaban J connectivity index is 2.10. The summed E-state index contributed by atoms with van der Waals surface area (Å²) >= 11 is 0. The molecule has 0 spiro atoms. The number of allylic oxidation sites excluding steroid dienone is 2. The van der Waals surface area contributed by atoms with Crippen molar-refractivity contribution in [2.24, 2.45) is 17.3 Å². The molecule has 0 aromatic rings. The quantitative estimate of drug-likeness (QED) is 0.497. The molecule has 0 aromatic heterocycles. The second-order valence-electron chi connectivity index (χ2n) is 6.41. The summed E-state index contributed by atoms with van der Waals surface area (Å²) in [6, 6.07) is 0. The van der Waals surface area contributed by atoms with Gasteiger partial charge in [-0.15, -0.1) is 0 Å². The topological polar surface area (TPSA) is 26.3 Å². The number of carbonyl (C=O) groups is 1. The normalized spacial score (nSPS) is 27.5. The molecular weight excluding hydrogens is 224 g/mol. The average molecular weight is 252 g/mol. The predicted octanol–water partition coefficient (Wildman–Crippen LogP) is 4.35. The highest BCUT2D eigenvalue weighted by Crippen LogP contribution is 2.52. The smallest absolute Gasteiger partial charge is 0.312 e. The standard InChI is InChI=1S/C16H28O2/c1-12(2)7-6-8-13(3)9-10-18-15(17)16(5)11-14(16)4/h7,13-14H,6,8-11H2,1-5H3. The molecule has 0 bridgehead atoms. The Morgan fingerprint density at radius 2 is 2.06 bits per heavy atom. The van der Waals surface area contributed by atoms with Crippen LogP contribution in [0.25, 0.3) is 0 Å². The van der Waals surface area contributed by atoms with Gasteiger partial charge in [0.15, 0.2) is 0 Å². The van der Waals surface area contributed by atoms with E-state index in [1.165, 1.54) is 12.0 Å². The van der Waals surface area contributed by atoms with Gasteiger partial charge >= 0.3 is 5.97 Å². The number of hydrogen-bond donors (Lipinski definition) is 0. The van der Waals surface area contributed by atoms with E-state index in [9.17, 15) is 4.79 Å². The van der Waals surface area contributed by atoms with Crippen LogP contribution < -0.4 is 0 Å². The summed E-state index contributed by atoms with van der Waals surface area (Å²) in [5.74, 6) is 1.13. The number of ether oxygens (including phenoxy) is 1. The van der Waals surface area contributed by atoms with Gasteiger partial charge in [0.05, 0.1) is 12.0 Å². The lowest BCUT2D eigenvalue weighted by atomic mass is 10.0. The molecule has 1 aliphatic rings. The summed E-state index contributed by atoms with van der Waals surface area (Å²) in [6.07, 6.45) is 6.55. The minimum absolute atomic E-state index is 0.00602. The molecule has 0 heterocycles. The molecule has 0 amide bonds. The van der Waals surface area contributed by atoms with Gasteiger partial charge < -0.3 is 4.74 Å². The zero-order chi connectivity index (χ0) is 13.8. The summed E-state index contributed by atoms with van der Waals surface area (Å²) in [6.45, 7) is 11.2. The van der Waals surface area contributed by atoms with Gasteiger partial charge in [-0.3, -0.25) is 4.79 Å². The zero-order valence-corrected chi connectivity index (χ0v) is 12.6. The lowest BCUT2D eigenvalue weighted by Crippen LogP contribution is -2.18. The van der Waals surface area contributed by atoms with E-state index >= 15 is 0 Å². The highest BCUT2D eigenvalue weighted by molar-refractivity contribution is 5.79. The number of esters is 1. The van der Waals surface area contributed by atoms with Crippen LogP contribution in [0.3, 0.4) is 0 Å². The van der Waals surface area contributed by atoms with Crippen LogP contribution in [0.2, 0.25) is 0 Å². The Hall–Kier alpha value is -0.790. The fourth-order valence-electron chi connectivity index (χ4n) is 2.18. The van der Waals surface area contributed by atoms with Crippen LogP contribution in [-0.2, 0) is 9.53 Å². The molecule has 0 aliphatic heterocycles. The van der Waals surface area contributed by atoms with Crippen LogP contribution in [0, 0.1) is 17.3 Å². The summed E-state index contributed by atoms with van der Waals surface area (Å²) in [5, 5.41) is 0. The highest BCUT2D eigenvalue weighted by Gasteiger charge is 2.54. The van der Waals surface area contributed by atoms with Crippen molar-refractivity contribution in [3.63, 3.8) is 0 Å². The van der Waals surface area contributed by atoms with Gasteiger partial charge in [-0.1, -0.05) is 25.5 Å². The first-order valence-corrected chi connectivity index (χ1v) is 7.17. The van der Waals surface area contributed by atoms with Crippen LogP contribution in [0.5, 0.6) is 0 Å². The first kappa shape index (κ1) is 15.3. The molecule has 3 unspecified atom stereocenters. The Morgan fingerprint density at radius 1 is 1.44 bits per heavy atom. The largest absolute Gasteiger partial charge is 0.465 e. The maximum Gasteiger partial charge on any atom is 0.312 e. The van der Waals surface area contributed by atoms with E-state index in [0.717, 1.165) is 19.3 Å². The van der Waals surface area contributed by atoms with Gasteiger partial charge in [0.1, 0.15) is 0 Å². The van der Waals surface area contributed by atoms with Crippen LogP contribution in [0.4, 0.5) is 0 Å². The summed E-state index contributed by atoms with van der Waals surface area (Å²) in [4.78, 5) is 11.8. The molecule has 18 heavy (non-hydrogen) atoms. The van der Waals surface area contributed by atoms with E-state index in [1.807, 2.05) is 6.92 Å². The van der Waals surface area contributed by atoms with Crippen molar-refractivity contribution in [2.75, 3.05) is 6.61 Å². The first-order chi connectivity index (χ1) is 8.36. The molecule has 0 N–H and O–H groups in total. The van der Waals surface area contributed by atoms with Crippen LogP contribution in [0.15, 0.2) is 11.6 Å². The Morgan fingerprint density at radius 3 is 2.56 bits per heavy atom. The SMILES string of the molecule is CC(C)=CCCC(C)CCOC(=O)C1(C)CC1C. The van der Waals surface area contributed by atoms with Gasteiger partial charge in [0, 0.05) is 0 Å². The molecule has 104 valence electrons. The number of rotatable bonds is 7. The summed E-state index contributed by atoms with van der Waals surface area (Å²) in [5.41, 5.74) is 1.20. The first-order valence-electron chi connectivity index (χ1n) is 7.17. The second kappa shape index (κ2) is 6.40. The van der Waals surface area contributed by atoms with Crippen molar-refractivity contribution < 1.29 is 9.53 Å². The van der Waals surface area contributed by atoms with Gasteiger partial charge in [-0.2, -0.15) is 0 Å². The fraction of sp³-hybridized carbons (Fsp3) is 0.812. The third kappa shape index (κ3) is 4.47. The van der Waals surface area contributed by atoms with Crippen LogP contribution >= 0.6 is 0 Å². The van der Waals surface area contributed by atoms with Crippen LogP contribution in [0.1, 0.15) is 60.3 Å². The maximum absolute atomic E-state index is 11.8. The van der Waals surface area contributed by atoms with Crippen molar-refractivity contribution in [3.05, 3.63) is 11.6 Å². The van der Waals surface area contributed by atoms with Crippen molar-refractivity contribution in [2.45, 2.75) is 60.3 Å². The molecule has 3 atom stereocenters. The maximum atomic E-state index is 11.8. The molecule has 1 saturated carbocycles. The molecule has 0 aromatic carbocycles. The number of hydrogen-bond acceptors (Lipinski definition) is 2. The van der Waals surface area contributed by atoms with E-state index in [0.29, 0.717) is 18.4 Å². The van der Waals surface area contributed by atoms with E-state index in [2.05, 4.69) is 33.8 Å². The van der Waals surface area contributed by atoms with Crippen molar-refractivity contribution >= 4 is 5.97 Å². The molecule has 1 aliphatic carbocycles. The Kier molecular flexibility index (Phi) is 5.43. The molecule has 1 rings (SSSR count). The third-order valence-electron chi connectivity index (χ3n) is 4.18. The molecule has 2 nitrogen and oxygen atoms in total. The lowest BCUT2D eigenvalue weighted by Gasteiger charge is -2.13. The van der Waals surface area contributed by atoms with Crippen LogP contribution in [-0.4, -0.2) is 12.6 Å². The second-order valence-corrected chi connectivity index (χ2v) is 6.41. The summed E-state index contributed by atoms with van der Waals surface area (Å²) < 4.78 is 5.38. The molecule has 0 radical (unpaired) electrons. The van der Waals surface area contributed by atoms with Gasteiger partial charge in [0.25, 0.3) is 0 Å². The minimum Gasteiger partial charge on any atom is -0.465 e. The summed E-state index contributed by atoms with van der Waals surface area (Å²) in [7, 11) is 0.